The number of methoxy groups -OCH3 is 1. The van der Waals surface area contributed by atoms with Gasteiger partial charge in [-0.15, -0.1) is 11.3 Å². The monoisotopic (exact) mass is 357 g/mol. The standard InChI is InChI=1S/C19H23N3O2S/c1-12-4-3-5-14(10-12)21-22-19(23)18-16(20)11-17(25-18)13-6-8-15(24-2)9-7-13/h6-9,11-12H,3-5,10,20H2,1-2H3,(H,22,23)/b21-14-/t12-/m1/s1. The molecule has 3 rings (SSSR count). The van der Waals surface area contributed by atoms with Crippen LogP contribution >= 0.6 is 11.3 Å². The van der Waals surface area contributed by atoms with Crippen LogP contribution in [0.2, 0.25) is 0 Å². The molecule has 1 heterocycles. The zero-order valence-electron chi connectivity index (χ0n) is 14.5. The molecule has 0 bridgehead atoms. The van der Waals surface area contributed by atoms with E-state index in [1.54, 1.807) is 7.11 Å². The van der Waals surface area contributed by atoms with Gasteiger partial charge in [0.1, 0.15) is 10.6 Å². The lowest BCUT2D eigenvalue weighted by Crippen LogP contribution is -2.22. The van der Waals surface area contributed by atoms with Gasteiger partial charge in [-0.3, -0.25) is 4.79 Å². The van der Waals surface area contributed by atoms with E-state index in [1.165, 1.54) is 17.8 Å². The summed E-state index contributed by atoms with van der Waals surface area (Å²) in [6.07, 6.45) is 4.29. The number of amides is 1. The Balaban J connectivity index is 1.72. The fraction of sp³-hybridized carbons (Fsp3) is 0.368. The number of hydrogen-bond donors (Lipinski definition) is 2. The minimum atomic E-state index is -0.243. The fourth-order valence-corrected chi connectivity index (χ4v) is 4.00. The average Bonchev–Trinajstić information content (AvgIpc) is 3.02. The maximum atomic E-state index is 12.4. The van der Waals surface area contributed by atoms with Crippen molar-refractivity contribution in [1.29, 1.82) is 0 Å². The Morgan fingerprint density at radius 1 is 1.36 bits per heavy atom. The summed E-state index contributed by atoms with van der Waals surface area (Å²) >= 11 is 1.37. The van der Waals surface area contributed by atoms with Crippen LogP contribution in [0.3, 0.4) is 0 Å². The van der Waals surface area contributed by atoms with Gasteiger partial charge in [-0.25, -0.2) is 5.43 Å². The molecule has 1 aromatic heterocycles. The number of nitrogens with one attached hydrogen (secondary N) is 1. The molecule has 3 N–H and O–H groups in total. The highest BCUT2D eigenvalue weighted by Gasteiger charge is 2.17. The normalized spacial score (nSPS) is 19.0. The van der Waals surface area contributed by atoms with E-state index in [4.69, 9.17) is 10.5 Å². The molecule has 1 atom stereocenters. The highest BCUT2D eigenvalue weighted by atomic mass is 32.1. The molecule has 1 aromatic carbocycles. The first kappa shape index (κ1) is 17.5. The summed E-state index contributed by atoms with van der Waals surface area (Å²) in [5.41, 5.74) is 11.3. The smallest absolute Gasteiger partial charge is 0.283 e. The van der Waals surface area contributed by atoms with Gasteiger partial charge in [0, 0.05) is 10.6 Å². The first-order valence-electron chi connectivity index (χ1n) is 8.46. The van der Waals surface area contributed by atoms with Crippen LogP contribution in [0, 0.1) is 5.92 Å². The van der Waals surface area contributed by atoms with Crippen molar-refractivity contribution in [3.05, 3.63) is 35.2 Å². The van der Waals surface area contributed by atoms with E-state index >= 15 is 0 Å². The molecule has 1 saturated carbocycles. The van der Waals surface area contributed by atoms with E-state index in [2.05, 4.69) is 17.5 Å². The Hall–Kier alpha value is -2.34. The zero-order valence-corrected chi connectivity index (χ0v) is 15.4. The molecule has 6 heteroatoms. The number of rotatable bonds is 4. The molecule has 1 aliphatic carbocycles. The van der Waals surface area contributed by atoms with Gasteiger partial charge in [0.15, 0.2) is 0 Å². The number of benzene rings is 1. The number of nitrogens with two attached hydrogens (primary N) is 1. The molecule has 1 amide bonds. The highest BCUT2D eigenvalue weighted by Crippen LogP contribution is 2.34. The Morgan fingerprint density at radius 3 is 2.80 bits per heavy atom. The summed E-state index contributed by atoms with van der Waals surface area (Å²) in [6, 6.07) is 9.52. The zero-order chi connectivity index (χ0) is 17.8. The highest BCUT2D eigenvalue weighted by molar-refractivity contribution is 7.18. The molecule has 1 fully saturated rings. The number of carbonyl (C=O) groups is 1. The molecule has 0 aliphatic heterocycles. The van der Waals surface area contributed by atoms with Crippen molar-refractivity contribution < 1.29 is 9.53 Å². The van der Waals surface area contributed by atoms with Gasteiger partial charge < -0.3 is 10.5 Å². The van der Waals surface area contributed by atoms with Crippen molar-refractivity contribution in [2.45, 2.75) is 32.6 Å². The van der Waals surface area contributed by atoms with Crippen LogP contribution in [-0.2, 0) is 0 Å². The van der Waals surface area contributed by atoms with Crippen LogP contribution in [-0.4, -0.2) is 18.7 Å². The van der Waals surface area contributed by atoms with E-state index in [0.717, 1.165) is 41.2 Å². The SMILES string of the molecule is COc1ccc(-c2cc(N)c(C(=O)N/N=C3/CCC[C@@H](C)C3)s2)cc1. The van der Waals surface area contributed by atoms with Crippen molar-refractivity contribution in [2.24, 2.45) is 11.0 Å². The molecule has 1 aliphatic rings. The van der Waals surface area contributed by atoms with Crippen LogP contribution in [0.5, 0.6) is 5.75 Å². The number of hydrazone groups is 1. The maximum absolute atomic E-state index is 12.4. The number of nitrogens with zero attached hydrogens (tertiary/aromatic N) is 1. The number of nitrogen functional groups attached to an aromatic ring is 1. The third-order valence-electron chi connectivity index (χ3n) is 4.40. The first-order chi connectivity index (χ1) is 12.1. The molecule has 0 radical (unpaired) electrons. The number of hydrogen-bond acceptors (Lipinski definition) is 5. The molecular formula is C19H23N3O2S. The van der Waals surface area contributed by atoms with Crippen molar-refractivity contribution >= 4 is 28.6 Å². The lowest BCUT2D eigenvalue weighted by molar-refractivity contribution is 0.0959. The van der Waals surface area contributed by atoms with E-state index in [1.807, 2.05) is 30.3 Å². The summed E-state index contributed by atoms with van der Waals surface area (Å²) in [5, 5.41) is 4.31. The third kappa shape index (κ3) is 4.20. The number of carbonyl (C=O) groups excluding carboxylic acids is 1. The van der Waals surface area contributed by atoms with Crippen molar-refractivity contribution in [3.8, 4) is 16.2 Å². The summed E-state index contributed by atoms with van der Waals surface area (Å²) in [7, 11) is 1.63. The molecular weight excluding hydrogens is 334 g/mol. The molecule has 132 valence electrons. The van der Waals surface area contributed by atoms with Gasteiger partial charge in [0.05, 0.1) is 12.8 Å². The van der Waals surface area contributed by atoms with E-state index in [0.29, 0.717) is 16.5 Å². The molecule has 5 nitrogen and oxygen atoms in total. The lowest BCUT2D eigenvalue weighted by Gasteiger charge is -2.18. The van der Waals surface area contributed by atoms with Crippen molar-refractivity contribution in [3.63, 3.8) is 0 Å². The fourth-order valence-electron chi connectivity index (χ4n) is 3.02. The second-order valence-corrected chi connectivity index (χ2v) is 7.50. The number of anilines is 1. The summed E-state index contributed by atoms with van der Waals surface area (Å²) in [6.45, 7) is 2.22. The summed E-state index contributed by atoms with van der Waals surface area (Å²) in [5.74, 6) is 1.19. The Morgan fingerprint density at radius 2 is 2.12 bits per heavy atom. The molecule has 0 unspecified atom stereocenters. The van der Waals surface area contributed by atoms with Crippen LogP contribution in [0.4, 0.5) is 5.69 Å². The molecule has 0 saturated heterocycles. The van der Waals surface area contributed by atoms with Crippen molar-refractivity contribution in [2.75, 3.05) is 12.8 Å². The van der Waals surface area contributed by atoms with Gasteiger partial charge in [-0.2, -0.15) is 5.10 Å². The Labute approximate surface area is 151 Å². The van der Waals surface area contributed by atoms with E-state index < -0.39 is 0 Å². The second-order valence-electron chi connectivity index (χ2n) is 6.44. The summed E-state index contributed by atoms with van der Waals surface area (Å²) in [4.78, 5) is 13.9. The topological polar surface area (TPSA) is 76.7 Å². The van der Waals surface area contributed by atoms with Crippen LogP contribution in [0.25, 0.3) is 10.4 Å². The average molecular weight is 357 g/mol. The lowest BCUT2D eigenvalue weighted by atomic mass is 9.89. The molecule has 2 aromatic rings. The predicted octanol–water partition coefficient (Wildman–Crippen LogP) is 4.30. The minimum absolute atomic E-state index is 0.243. The Bertz CT molecular complexity index is 780. The molecule has 25 heavy (non-hydrogen) atoms. The van der Waals surface area contributed by atoms with Crippen LogP contribution < -0.4 is 15.9 Å². The second kappa shape index (κ2) is 7.70. The van der Waals surface area contributed by atoms with Gasteiger partial charge in [-0.1, -0.05) is 6.92 Å². The van der Waals surface area contributed by atoms with Gasteiger partial charge in [-0.05, 0) is 67.5 Å². The number of ether oxygens (including phenoxy) is 1. The Kier molecular flexibility index (Phi) is 5.38. The minimum Gasteiger partial charge on any atom is -0.497 e. The van der Waals surface area contributed by atoms with Crippen LogP contribution in [0.1, 0.15) is 42.3 Å². The van der Waals surface area contributed by atoms with Crippen molar-refractivity contribution in [1.82, 2.24) is 5.43 Å². The number of thiophene rings is 1. The van der Waals surface area contributed by atoms with E-state index in [-0.39, 0.29) is 5.91 Å². The van der Waals surface area contributed by atoms with Gasteiger partial charge in [0.25, 0.3) is 5.91 Å². The largest absolute Gasteiger partial charge is 0.497 e. The maximum Gasteiger partial charge on any atom is 0.283 e. The summed E-state index contributed by atoms with van der Waals surface area (Å²) < 4.78 is 5.17. The quantitative estimate of drug-likeness (QED) is 0.801. The van der Waals surface area contributed by atoms with E-state index in [9.17, 15) is 4.79 Å². The first-order valence-corrected chi connectivity index (χ1v) is 9.28. The van der Waals surface area contributed by atoms with Gasteiger partial charge >= 0.3 is 0 Å². The molecule has 0 spiro atoms. The van der Waals surface area contributed by atoms with Gasteiger partial charge in [0.2, 0.25) is 0 Å². The van der Waals surface area contributed by atoms with Crippen LogP contribution in [0.15, 0.2) is 35.4 Å². The predicted molar refractivity (Wildman–Crippen MR) is 103 cm³/mol. The third-order valence-corrected chi connectivity index (χ3v) is 5.60.